The van der Waals surface area contributed by atoms with Gasteiger partial charge in [0.15, 0.2) is 0 Å². The van der Waals surface area contributed by atoms with E-state index in [2.05, 4.69) is 9.47 Å². The van der Waals surface area contributed by atoms with E-state index in [-0.39, 0.29) is 18.0 Å². The van der Waals surface area contributed by atoms with Crippen LogP contribution in [0.2, 0.25) is 0 Å². The molecule has 11 heteroatoms. The Bertz CT molecular complexity index is 1500. The van der Waals surface area contributed by atoms with Gasteiger partial charge in [-0.3, -0.25) is 14.6 Å². The van der Waals surface area contributed by atoms with Crippen LogP contribution >= 0.6 is 0 Å². The third kappa shape index (κ3) is 5.13. The number of fused-ring (bicyclic) bond motifs is 2. The number of carbonyl (C=O) groups is 2. The Kier molecular flexibility index (Phi) is 6.82. The molecule has 0 spiro atoms. The molecular weight excluding hydrogens is 518 g/mol. The Morgan fingerprint density at radius 1 is 0.974 bits per heavy atom. The number of carbonyl (C=O) groups excluding carboxylic acids is 2. The number of nitrogens with zero attached hydrogens (tertiary/aromatic N) is 5. The summed E-state index contributed by atoms with van der Waals surface area (Å²) in [5, 5.41) is 0.998. The second-order valence-electron chi connectivity index (χ2n) is 10.6. The number of rotatable bonds is 5. The molecule has 3 aliphatic heterocycles. The van der Waals surface area contributed by atoms with Crippen molar-refractivity contribution in [3.05, 3.63) is 65.9 Å². The van der Waals surface area contributed by atoms with Gasteiger partial charge in [-0.2, -0.15) is 4.31 Å². The summed E-state index contributed by atoms with van der Waals surface area (Å²) in [5.74, 6) is 0.00150. The number of amides is 2. The lowest BCUT2D eigenvalue weighted by Gasteiger charge is -2.40. The van der Waals surface area contributed by atoms with Gasteiger partial charge in [-0.25, -0.2) is 13.2 Å². The van der Waals surface area contributed by atoms with Crippen molar-refractivity contribution in [3.8, 4) is 0 Å². The first kappa shape index (κ1) is 25.8. The number of piperazine rings is 1. The molecule has 206 valence electrons. The van der Waals surface area contributed by atoms with Crippen molar-refractivity contribution in [2.45, 2.75) is 32.2 Å². The van der Waals surface area contributed by atoms with Gasteiger partial charge < -0.3 is 14.2 Å². The van der Waals surface area contributed by atoms with Gasteiger partial charge in [0.05, 0.1) is 18.6 Å². The Morgan fingerprint density at radius 2 is 1.72 bits per heavy atom. The van der Waals surface area contributed by atoms with E-state index in [1.807, 2.05) is 59.6 Å². The zero-order valence-corrected chi connectivity index (χ0v) is 22.8. The zero-order chi connectivity index (χ0) is 27.1. The summed E-state index contributed by atoms with van der Waals surface area (Å²) >= 11 is 0. The summed E-state index contributed by atoms with van der Waals surface area (Å²) < 4.78 is 32.6. The normalized spacial score (nSPS) is 19.8. The Hall–Kier alpha value is -3.41. The molecule has 0 aliphatic carbocycles. The van der Waals surface area contributed by atoms with Crippen LogP contribution in [0.4, 0.5) is 10.5 Å². The summed E-state index contributed by atoms with van der Waals surface area (Å²) in [6.45, 7) is 4.48. The molecule has 0 atom stereocenters. The number of anilines is 1. The lowest BCUT2D eigenvalue weighted by Crippen LogP contribution is -2.50. The smallest absolute Gasteiger partial charge is 0.414 e. The summed E-state index contributed by atoms with van der Waals surface area (Å²) in [6.07, 6.45) is 4.35. The van der Waals surface area contributed by atoms with Gasteiger partial charge >= 0.3 is 6.09 Å². The predicted molar refractivity (Wildman–Crippen MR) is 148 cm³/mol. The van der Waals surface area contributed by atoms with Crippen LogP contribution in [0, 0.1) is 0 Å². The second-order valence-corrected chi connectivity index (χ2v) is 12.5. The Balaban J connectivity index is 1.09. The fourth-order valence-electron chi connectivity index (χ4n) is 5.91. The van der Waals surface area contributed by atoms with Gasteiger partial charge in [-0.15, -0.1) is 0 Å². The standard InChI is InChI=1S/C28H33N5O5S/c1-39(36,37)32-16-14-29(15-17-32)20-31-11-8-21-18-22(6-7-25(21)31)27(34)30-12-9-24(10-13-30)33-26-5-3-2-4-23(26)19-38-28(33)35/h2-8,11,18,24H,9-10,12-17,19-20H2,1H3. The predicted octanol–water partition coefficient (Wildman–Crippen LogP) is 2.94. The molecule has 2 aromatic carbocycles. The number of cyclic esters (lactones) is 1. The second kappa shape index (κ2) is 10.3. The van der Waals surface area contributed by atoms with Crippen molar-refractivity contribution >= 4 is 38.6 Å². The average Bonchev–Trinajstić information content (AvgIpc) is 3.34. The first-order valence-electron chi connectivity index (χ1n) is 13.4. The summed E-state index contributed by atoms with van der Waals surface area (Å²) in [7, 11) is -3.15. The highest BCUT2D eigenvalue weighted by Crippen LogP contribution is 2.32. The highest BCUT2D eigenvalue weighted by molar-refractivity contribution is 7.88. The van der Waals surface area contributed by atoms with Crippen molar-refractivity contribution in [1.82, 2.24) is 18.7 Å². The van der Waals surface area contributed by atoms with Gasteiger partial charge in [0.1, 0.15) is 6.61 Å². The number of likely N-dealkylation sites (tertiary alicyclic amines) is 1. The topological polar surface area (TPSA) is 95.4 Å². The highest BCUT2D eigenvalue weighted by Gasteiger charge is 2.35. The number of hydrogen-bond acceptors (Lipinski definition) is 6. The van der Waals surface area contributed by atoms with Crippen LogP contribution in [0.5, 0.6) is 0 Å². The van der Waals surface area contributed by atoms with Crippen LogP contribution in [0.3, 0.4) is 0 Å². The van der Waals surface area contributed by atoms with Gasteiger partial charge in [0, 0.05) is 73.5 Å². The van der Waals surface area contributed by atoms with E-state index < -0.39 is 10.0 Å². The molecular formula is C28H33N5O5S. The van der Waals surface area contributed by atoms with Crippen molar-refractivity contribution in [1.29, 1.82) is 0 Å². The summed E-state index contributed by atoms with van der Waals surface area (Å²) in [5.41, 5.74) is 3.61. The minimum atomic E-state index is -3.15. The van der Waals surface area contributed by atoms with Gasteiger partial charge in [-0.1, -0.05) is 18.2 Å². The Morgan fingerprint density at radius 3 is 2.46 bits per heavy atom. The van der Waals surface area contributed by atoms with E-state index in [0.29, 0.717) is 70.9 Å². The van der Waals surface area contributed by atoms with E-state index in [1.165, 1.54) is 10.6 Å². The maximum Gasteiger partial charge on any atom is 0.414 e. The van der Waals surface area contributed by atoms with Crippen LogP contribution in [0.25, 0.3) is 10.9 Å². The first-order chi connectivity index (χ1) is 18.8. The molecule has 3 aromatic rings. The van der Waals surface area contributed by atoms with Crippen LogP contribution in [-0.4, -0.2) is 90.7 Å². The molecule has 0 radical (unpaired) electrons. The lowest BCUT2D eigenvalue weighted by atomic mass is 10.00. The quantitative estimate of drug-likeness (QED) is 0.484. The maximum atomic E-state index is 13.4. The van der Waals surface area contributed by atoms with Crippen molar-refractivity contribution in [2.24, 2.45) is 0 Å². The third-order valence-corrected chi connectivity index (χ3v) is 9.39. The van der Waals surface area contributed by atoms with Crippen molar-refractivity contribution in [2.75, 3.05) is 50.4 Å². The molecule has 2 fully saturated rings. The van der Waals surface area contributed by atoms with Crippen LogP contribution < -0.4 is 4.90 Å². The largest absolute Gasteiger partial charge is 0.444 e. The van der Waals surface area contributed by atoms with Crippen LogP contribution in [0.1, 0.15) is 28.8 Å². The first-order valence-corrected chi connectivity index (χ1v) is 15.2. The maximum absolute atomic E-state index is 13.4. The number of aromatic nitrogens is 1. The summed E-state index contributed by atoms with van der Waals surface area (Å²) in [4.78, 5) is 31.8. The molecule has 4 heterocycles. The minimum absolute atomic E-state index is 0.00110. The van der Waals surface area contributed by atoms with Gasteiger partial charge in [0.25, 0.3) is 5.91 Å². The molecule has 2 amide bonds. The van der Waals surface area contributed by atoms with E-state index in [4.69, 9.17) is 4.74 Å². The number of piperidine rings is 1. The molecule has 0 N–H and O–H groups in total. The third-order valence-electron chi connectivity index (χ3n) is 8.09. The molecule has 39 heavy (non-hydrogen) atoms. The number of para-hydroxylation sites is 1. The average molecular weight is 552 g/mol. The molecule has 2 saturated heterocycles. The molecule has 1 aromatic heterocycles. The molecule has 6 rings (SSSR count). The molecule has 3 aliphatic rings. The van der Waals surface area contributed by atoms with Crippen molar-refractivity contribution in [3.63, 3.8) is 0 Å². The van der Waals surface area contributed by atoms with Crippen molar-refractivity contribution < 1.29 is 22.7 Å². The number of ether oxygens (including phenoxy) is 1. The fraction of sp³-hybridized carbons (Fsp3) is 0.429. The minimum Gasteiger partial charge on any atom is -0.444 e. The van der Waals surface area contributed by atoms with Crippen LogP contribution in [0.15, 0.2) is 54.7 Å². The summed E-state index contributed by atoms with van der Waals surface area (Å²) in [6, 6.07) is 15.7. The van der Waals surface area contributed by atoms with Crippen LogP contribution in [-0.2, 0) is 28.0 Å². The van der Waals surface area contributed by atoms with E-state index in [1.54, 1.807) is 4.90 Å². The molecule has 10 nitrogen and oxygen atoms in total. The number of hydrogen-bond donors (Lipinski definition) is 0. The van der Waals surface area contributed by atoms with E-state index in [9.17, 15) is 18.0 Å². The van der Waals surface area contributed by atoms with Gasteiger partial charge in [0.2, 0.25) is 10.0 Å². The fourth-order valence-corrected chi connectivity index (χ4v) is 6.73. The highest BCUT2D eigenvalue weighted by atomic mass is 32.2. The molecule has 0 bridgehead atoms. The molecule has 0 unspecified atom stereocenters. The number of benzene rings is 2. The van der Waals surface area contributed by atoms with E-state index in [0.717, 1.165) is 22.2 Å². The van der Waals surface area contributed by atoms with Gasteiger partial charge in [-0.05, 0) is 43.2 Å². The Labute approximate surface area is 228 Å². The number of sulfonamides is 1. The van der Waals surface area contributed by atoms with E-state index >= 15 is 0 Å². The lowest BCUT2D eigenvalue weighted by molar-refractivity contribution is 0.0708. The molecule has 0 saturated carbocycles. The monoisotopic (exact) mass is 551 g/mol. The SMILES string of the molecule is CS(=O)(=O)N1CCN(Cn2ccc3cc(C(=O)N4CCC(N5C(=O)OCc6ccccc65)CC4)ccc32)CC1. The zero-order valence-electron chi connectivity index (χ0n) is 22.0.